The number of aromatic nitrogens is 3. The highest BCUT2D eigenvalue weighted by molar-refractivity contribution is 7.71. The summed E-state index contributed by atoms with van der Waals surface area (Å²) in [4.78, 5) is 13.2. The third kappa shape index (κ3) is 2.49. The summed E-state index contributed by atoms with van der Waals surface area (Å²) in [5.74, 6) is 1.33. The minimum Gasteiger partial charge on any atom is -0.329 e. The smallest absolute Gasteiger partial charge is 0.329 e. The molecule has 5 nitrogen and oxygen atoms in total. The molecule has 6 heteroatoms. The van der Waals surface area contributed by atoms with E-state index in [9.17, 15) is 4.79 Å². The van der Waals surface area contributed by atoms with Gasteiger partial charge in [-0.15, -0.1) is 5.10 Å². The van der Waals surface area contributed by atoms with Crippen molar-refractivity contribution in [2.24, 2.45) is 13.0 Å². The van der Waals surface area contributed by atoms with E-state index >= 15 is 0 Å². The van der Waals surface area contributed by atoms with Gasteiger partial charge in [0.15, 0.2) is 0 Å². The number of amides is 1. The molecule has 0 aliphatic carbocycles. The van der Waals surface area contributed by atoms with Gasteiger partial charge in [0.1, 0.15) is 5.82 Å². The molecule has 0 radical (unpaired) electrons. The second kappa shape index (κ2) is 4.78. The Morgan fingerprint density at radius 3 is 2.50 bits per heavy atom. The zero-order valence-electron chi connectivity index (χ0n) is 10.4. The molecule has 0 saturated carbocycles. The molecule has 0 saturated heterocycles. The average molecular weight is 242 g/mol. The van der Waals surface area contributed by atoms with Gasteiger partial charge in [0.05, 0.1) is 0 Å². The number of carbonyl (C=O) groups excluding carboxylic acids is 1. The van der Waals surface area contributed by atoms with Gasteiger partial charge in [-0.1, -0.05) is 13.8 Å². The highest BCUT2D eigenvalue weighted by Gasteiger charge is 2.15. The summed E-state index contributed by atoms with van der Waals surface area (Å²) >= 11 is 5.18. The Hall–Kier alpha value is -1.17. The summed E-state index contributed by atoms with van der Waals surface area (Å²) in [5.41, 5.74) is 0. The van der Waals surface area contributed by atoms with E-state index in [-0.39, 0.29) is 6.03 Å². The highest BCUT2D eigenvalue weighted by Crippen LogP contribution is 2.07. The Morgan fingerprint density at radius 1 is 1.50 bits per heavy atom. The minimum atomic E-state index is -0.212. The Morgan fingerprint density at radius 2 is 2.06 bits per heavy atom. The monoisotopic (exact) mass is 242 g/mol. The van der Waals surface area contributed by atoms with E-state index in [0.29, 0.717) is 10.7 Å². The van der Waals surface area contributed by atoms with Gasteiger partial charge in [-0.2, -0.15) is 4.68 Å². The lowest BCUT2D eigenvalue weighted by Gasteiger charge is -2.08. The Balaban J connectivity index is 3.15. The lowest BCUT2D eigenvalue weighted by atomic mass is 10.1. The van der Waals surface area contributed by atoms with Gasteiger partial charge in [0.2, 0.25) is 4.77 Å². The van der Waals surface area contributed by atoms with Crippen molar-refractivity contribution in [3.63, 3.8) is 0 Å². The van der Waals surface area contributed by atoms with E-state index in [1.807, 2.05) is 7.05 Å². The minimum absolute atomic E-state index is 0.212. The van der Waals surface area contributed by atoms with E-state index in [4.69, 9.17) is 12.2 Å². The molecular weight excluding hydrogens is 224 g/mol. The fraction of sp³-hybridized carbons (Fsp3) is 0.700. The molecule has 16 heavy (non-hydrogen) atoms. The van der Waals surface area contributed by atoms with Crippen LogP contribution in [0.5, 0.6) is 0 Å². The molecule has 0 aliphatic heterocycles. The van der Waals surface area contributed by atoms with E-state index in [1.165, 1.54) is 9.58 Å². The lowest BCUT2D eigenvalue weighted by molar-refractivity contribution is 0.215. The van der Waals surface area contributed by atoms with Crippen LogP contribution in [0.25, 0.3) is 0 Å². The highest BCUT2D eigenvalue weighted by atomic mass is 32.1. The van der Waals surface area contributed by atoms with Gasteiger partial charge in [-0.05, 0) is 18.1 Å². The van der Waals surface area contributed by atoms with Crippen molar-refractivity contribution in [1.29, 1.82) is 0 Å². The van der Waals surface area contributed by atoms with Crippen molar-refractivity contribution in [3.05, 3.63) is 10.6 Å². The number of nitrogens with zero attached hydrogens (tertiary/aromatic N) is 4. The zero-order valence-corrected chi connectivity index (χ0v) is 11.2. The summed E-state index contributed by atoms with van der Waals surface area (Å²) < 4.78 is 3.50. The van der Waals surface area contributed by atoms with Gasteiger partial charge in [0, 0.05) is 27.6 Å². The first-order valence-corrected chi connectivity index (χ1v) is 5.62. The molecule has 0 aromatic carbocycles. The third-order valence-corrected chi connectivity index (χ3v) is 2.67. The van der Waals surface area contributed by atoms with Gasteiger partial charge >= 0.3 is 6.03 Å². The molecule has 0 bridgehead atoms. The maximum absolute atomic E-state index is 11.8. The zero-order chi connectivity index (χ0) is 12.5. The van der Waals surface area contributed by atoms with E-state index < -0.39 is 0 Å². The molecule has 1 heterocycles. The van der Waals surface area contributed by atoms with Crippen molar-refractivity contribution >= 4 is 18.2 Å². The first-order chi connectivity index (χ1) is 7.34. The topological polar surface area (TPSA) is 43.1 Å². The second-order valence-electron chi connectivity index (χ2n) is 4.44. The van der Waals surface area contributed by atoms with Crippen LogP contribution in [0.2, 0.25) is 0 Å². The number of carbonyl (C=O) groups is 1. The second-order valence-corrected chi connectivity index (χ2v) is 4.81. The van der Waals surface area contributed by atoms with Crippen LogP contribution in [-0.4, -0.2) is 39.4 Å². The standard InChI is InChI=1S/C10H18N4OS/c1-7(2)6-8-11-14(9(15)12(3)4)10(16)13(8)5/h7H,6H2,1-5H3. The molecule has 0 atom stereocenters. The molecule has 1 aromatic rings. The lowest BCUT2D eigenvalue weighted by Crippen LogP contribution is -2.28. The molecule has 1 rings (SSSR count). The van der Waals surface area contributed by atoms with Gasteiger partial charge < -0.3 is 9.47 Å². The van der Waals surface area contributed by atoms with Crippen molar-refractivity contribution < 1.29 is 4.79 Å². The van der Waals surface area contributed by atoms with Crippen LogP contribution in [0.4, 0.5) is 4.79 Å². The normalized spacial score (nSPS) is 10.9. The Bertz CT molecular complexity index is 444. The fourth-order valence-electron chi connectivity index (χ4n) is 1.33. The molecule has 0 spiro atoms. The van der Waals surface area contributed by atoms with Crippen molar-refractivity contribution in [2.45, 2.75) is 20.3 Å². The Kier molecular flexibility index (Phi) is 3.85. The number of hydrogen-bond acceptors (Lipinski definition) is 3. The van der Waals surface area contributed by atoms with Crippen LogP contribution in [-0.2, 0) is 13.5 Å². The summed E-state index contributed by atoms with van der Waals surface area (Å²) in [7, 11) is 5.20. The Labute approximate surface area is 101 Å². The maximum Gasteiger partial charge on any atom is 0.346 e. The maximum atomic E-state index is 11.8. The molecule has 0 fully saturated rings. The van der Waals surface area contributed by atoms with Crippen LogP contribution in [0.1, 0.15) is 19.7 Å². The predicted octanol–water partition coefficient (Wildman–Crippen LogP) is 1.68. The summed E-state index contributed by atoms with van der Waals surface area (Å²) in [5, 5.41) is 4.25. The molecule has 0 unspecified atom stereocenters. The fourth-order valence-corrected chi connectivity index (χ4v) is 1.56. The number of rotatable bonds is 2. The molecule has 1 amide bonds. The summed E-state index contributed by atoms with van der Waals surface area (Å²) in [6.45, 7) is 4.21. The summed E-state index contributed by atoms with van der Waals surface area (Å²) in [6.07, 6.45) is 0.813. The quantitative estimate of drug-likeness (QED) is 0.741. The van der Waals surface area contributed by atoms with Gasteiger partial charge in [-0.3, -0.25) is 0 Å². The molecule has 0 N–H and O–H groups in total. The molecule has 1 aromatic heterocycles. The van der Waals surface area contributed by atoms with Crippen LogP contribution in [0.3, 0.4) is 0 Å². The van der Waals surface area contributed by atoms with E-state index in [0.717, 1.165) is 12.2 Å². The third-order valence-electron chi connectivity index (χ3n) is 2.23. The average Bonchev–Trinajstić information content (AvgIpc) is 2.44. The van der Waals surface area contributed by atoms with Crippen LogP contribution < -0.4 is 0 Å². The molecule has 0 aliphatic rings. The number of hydrogen-bond donors (Lipinski definition) is 0. The van der Waals surface area contributed by atoms with Crippen LogP contribution >= 0.6 is 12.2 Å². The van der Waals surface area contributed by atoms with E-state index in [1.54, 1.807) is 18.7 Å². The SMILES string of the molecule is CC(C)Cc1nn(C(=O)N(C)C)c(=S)n1C. The summed E-state index contributed by atoms with van der Waals surface area (Å²) in [6, 6.07) is -0.212. The molecule has 90 valence electrons. The van der Waals surface area contributed by atoms with Crippen molar-refractivity contribution in [1.82, 2.24) is 19.2 Å². The van der Waals surface area contributed by atoms with Gasteiger partial charge in [-0.25, -0.2) is 4.79 Å². The van der Waals surface area contributed by atoms with E-state index in [2.05, 4.69) is 18.9 Å². The van der Waals surface area contributed by atoms with Crippen LogP contribution in [0, 0.1) is 10.7 Å². The molecular formula is C10H18N4OS. The first kappa shape index (κ1) is 12.9. The predicted molar refractivity (Wildman–Crippen MR) is 65.1 cm³/mol. The van der Waals surface area contributed by atoms with Crippen molar-refractivity contribution in [2.75, 3.05) is 14.1 Å². The van der Waals surface area contributed by atoms with Crippen molar-refractivity contribution in [3.8, 4) is 0 Å². The van der Waals surface area contributed by atoms with Gasteiger partial charge in [0.25, 0.3) is 0 Å². The van der Waals surface area contributed by atoms with Crippen LogP contribution in [0.15, 0.2) is 0 Å². The largest absolute Gasteiger partial charge is 0.346 e. The first-order valence-electron chi connectivity index (χ1n) is 5.21.